The average Bonchev–Trinajstić information content (AvgIpc) is 3.26. The number of rotatable bonds is 10. The second-order valence-corrected chi connectivity index (χ2v) is 6.88. The SMILES string of the molecule is CCOC(Cn1cc(C(=O)NNC(=O)C(C)Oc2ccc3ccccc3c2)nn1)OCC. The summed E-state index contributed by atoms with van der Waals surface area (Å²) < 4.78 is 18.0. The Morgan fingerprint density at radius 2 is 1.75 bits per heavy atom. The monoisotopic (exact) mass is 441 g/mol. The fourth-order valence-corrected chi connectivity index (χ4v) is 2.95. The molecule has 3 aromatic rings. The van der Waals surface area contributed by atoms with Gasteiger partial charge in [0.15, 0.2) is 18.1 Å². The molecular weight excluding hydrogens is 414 g/mol. The molecule has 0 saturated heterocycles. The summed E-state index contributed by atoms with van der Waals surface area (Å²) in [5, 5.41) is 9.79. The maximum atomic E-state index is 12.3. The van der Waals surface area contributed by atoms with Crippen LogP contribution in [0.5, 0.6) is 5.75 Å². The number of carbonyl (C=O) groups is 2. The Balaban J connectivity index is 1.50. The minimum Gasteiger partial charge on any atom is -0.481 e. The molecule has 0 fully saturated rings. The van der Waals surface area contributed by atoms with Gasteiger partial charge in [-0.3, -0.25) is 20.4 Å². The van der Waals surface area contributed by atoms with E-state index in [1.165, 1.54) is 10.9 Å². The zero-order valence-electron chi connectivity index (χ0n) is 18.3. The highest BCUT2D eigenvalue weighted by atomic mass is 16.7. The summed E-state index contributed by atoms with van der Waals surface area (Å²) in [5.74, 6) is -0.558. The molecule has 0 bridgehead atoms. The fraction of sp³-hybridized carbons (Fsp3) is 0.364. The van der Waals surface area contributed by atoms with E-state index in [4.69, 9.17) is 14.2 Å². The van der Waals surface area contributed by atoms with Crippen molar-refractivity contribution in [2.75, 3.05) is 13.2 Å². The van der Waals surface area contributed by atoms with E-state index in [1.54, 1.807) is 13.0 Å². The van der Waals surface area contributed by atoms with Crippen molar-refractivity contribution in [2.24, 2.45) is 0 Å². The molecule has 2 aromatic carbocycles. The maximum Gasteiger partial charge on any atom is 0.291 e. The van der Waals surface area contributed by atoms with Crippen molar-refractivity contribution in [3.05, 3.63) is 54.4 Å². The number of hydrogen-bond acceptors (Lipinski definition) is 7. The number of nitrogens with one attached hydrogen (secondary N) is 2. The van der Waals surface area contributed by atoms with Crippen LogP contribution < -0.4 is 15.6 Å². The third-order valence-corrected chi connectivity index (χ3v) is 4.51. The molecule has 0 aliphatic carbocycles. The standard InChI is InChI=1S/C22H27N5O5/c1-4-30-20(31-5-2)14-27-13-19(23-26-27)22(29)25-24-21(28)15(3)32-18-11-10-16-8-6-7-9-17(16)12-18/h6-13,15,20H,4-5,14H2,1-3H3,(H,24,28)(H,25,29). The van der Waals surface area contributed by atoms with E-state index in [2.05, 4.69) is 21.2 Å². The van der Waals surface area contributed by atoms with Crippen LogP contribution in [0.25, 0.3) is 10.8 Å². The second-order valence-electron chi connectivity index (χ2n) is 6.88. The van der Waals surface area contributed by atoms with Crippen LogP contribution in [0.15, 0.2) is 48.7 Å². The Morgan fingerprint density at radius 3 is 2.47 bits per heavy atom. The zero-order chi connectivity index (χ0) is 22.9. The van der Waals surface area contributed by atoms with Crippen LogP contribution in [0.4, 0.5) is 0 Å². The number of carbonyl (C=O) groups excluding carboxylic acids is 2. The van der Waals surface area contributed by atoms with E-state index in [0.29, 0.717) is 19.0 Å². The number of fused-ring (bicyclic) bond motifs is 1. The lowest BCUT2D eigenvalue weighted by molar-refractivity contribution is -0.145. The second kappa shape index (κ2) is 11.2. The van der Waals surface area contributed by atoms with E-state index >= 15 is 0 Å². The summed E-state index contributed by atoms with van der Waals surface area (Å²) in [6.45, 7) is 6.56. The first-order valence-corrected chi connectivity index (χ1v) is 10.4. The van der Waals surface area contributed by atoms with Gasteiger partial charge >= 0.3 is 0 Å². The predicted molar refractivity (Wildman–Crippen MR) is 117 cm³/mol. The van der Waals surface area contributed by atoms with Gasteiger partial charge in [0, 0.05) is 13.2 Å². The Bertz CT molecular complexity index is 1050. The number of aromatic nitrogens is 3. The van der Waals surface area contributed by atoms with Gasteiger partial charge in [0.25, 0.3) is 11.8 Å². The number of hydrogen-bond donors (Lipinski definition) is 2. The van der Waals surface area contributed by atoms with Crippen molar-refractivity contribution < 1.29 is 23.8 Å². The molecule has 0 aliphatic heterocycles. The molecule has 1 atom stereocenters. The minimum atomic E-state index is -0.828. The zero-order valence-corrected chi connectivity index (χ0v) is 18.3. The van der Waals surface area contributed by atoms with Crippen molar-refractivity contribution >= 4 is 22.6 Å². The summed E-state index contributed by atoms with van der Waals surface area (Å²) in [5.41, 5.74) is 4.70. The quantitative estimate of drug-likeness (QED) is 0.365. The Morgan fingerprint density at radius 1 is 1.03 bits per heavy atom. The molecule has 2 N–H and O–H groups in total. The predicted octanol–water partition coefficient (Wildman–Crippen LogP) is 2.06. The molecular formula is C22H27N5O5. The van der Waals surface area contributed by atoms with E-state index in [1.807, 2.05) is 50.2 Å². The van der Waals surface area contributed by atoms with Crippen molar-refractivity contribution in [3.8, 4) is 5.75 Å². The molecule has 1 aromatic heterocycles. The van der Waals surface area contributed by atoms with Crippen molar-refractivity contribution in [3.63, 3.8) is 0 Å². The highest BCUT2D eigenvalue weighted by Crippen LogP contribution is 2.21. The first-order valence-electron chi connectivity index (χ1n) is 10.4. The summed E-state index contributed by atoms with van der Waals surface area (Å²) >= 11 is 0. The molecule has 2 amide bonds. The number of ether oxygens (including phenoxy) is 3. The van der Waals surface area contributed by atoms with E-state index < -0.39 is 24.2 Å². The van der Waals surface area contributed by atoms with Gasteiger partial charge in [0.1, 0.15) is 5.75 Å². The third kappa shape index (κ3) is 6.25. The van der Waals surface area contributed by atoms with E-state index in [9.17, 15) is 9.59 Å². The first kappa shape index (κ1) is 23.2. The molecule has 170 valence electrons. The van der Waals surface area contributed by atoms with Gasteiger partial charge < -0.3 is 14.2 Å². The molecule has 1 unspecified atom stereocenters. The molecule has 32 heavy (non-hydrogen) atoms. The van der Waals surface area contributed by atoms with Gasteiger partial charge in [-0.25, -0.2) is 4.68 Å². The highest BCUT2D eigenvalue weighted by Gasteiger charge is 2.18. The first-order chi connectivity index (χ1) is 15.5. The molecule has 0 radical (unpaired) electrons. The molecule has 10 nitrogen and oxygen atoms in total. The number of amides is 2. The number of benzene rings is 2. The third-order valence-electron chi connectivity index (χ3n) is 4.51. The molecule has 0 aliphatic rings. The highest BCUT2D eigenvalue weighted by molar-refractivity contribution is 5.93. The average molecular weight is 441 g/mol. The van der Waals surface area contributed by atoms with Crippen LogP contribution in [-0.4, -0.2) is 52.4 Å². The fourth-order valence-electron chi connectivity index (χ4n) is 2.95. The Kier molecular flexibility index (Phi) is 8.12. The summed E-state index contributed by atoms with van der Waals surface area (Å²) in [7, 11) is 0. The van der Waals surface area contributed by atoms with Crippen LogP contribution in [0.3, 0.4) is 0 Å². The normalized spacial score (nSPS) is 12.0. The van der Waals surface area contributed by atoms with E-state index in [-0.39, 0.29) is 12.2 Å². The summed E-state index contributed by atoms with van der Waals surface area (Å²) in [6, 6.07) is 13.4. The van der Waals surface area contributed by atoms with Crippen LogP contribution in [0, 0.1) is 0 Å². The van der Waals surface area contributed by atoms with Gasteiger partial charge in [-0.15, -0.1) is 5.10 Å². The van der Waals surface area contributed by atoms with Gasteiger partial charge in [0.05, 0.1) is 12.7 Å². The molecule has 0 spiro atoms. The Hall–Kier alpha value is -3.50. The lowest BCUT2D eigenvalue weighted by atomic mass is 10.1. The van der Waals surface area contributed by atoms with Crippen LogP contribution in [0.1, 0.15) is 31.3 Å². The van der Waals surface area contributed by atoms with Gasteiger partial charge in [-0.05, 0) is 43.7 Å². The smallest absolute Gasteiger partial charge is 0.291 e. The van der Waals surface area contributed by atoms with Crippen LogP contribution in [0.2, 0.25) is 0 Å². The molecule has 1 heterocycles. The lowest BCUT2D eigenvalue weighted by Crippen LogP contribution is -2.47. The lowest BCUT2D eigenvalue weighted by Gasteiger charge is -2.16. The van der Waals surface area contributed by atoms with Crippen molar-refractivity contribution in [2.45, 2.75) is 39.7 Å². The summed E-state index contributed by atoms with van der Waals surface area (Å²) in [6.07, 6.45) is 0.127. The van der Waals surface area contributed by atoms with Crippen molar-refractivity contribution in [1.82, 2.24) is 25.8 Å². The van der Waals surface area contributed by atoms with Gasteiger partial charge in [-0.2, -0.15) is 0 Å². The van der Waals surface area contributed by atoms with E-state index in [0.717, 1.165) is 10.8 Å². The van der Waals surface area contributed by atoms with Gasteiger partial charge in [-0.1, -0.05) is 35.5 Å². The van der Waals surface area contributed by atoms with Gasteiger partial charge in [0.2, 0.25) is 0 Å². The molecule has 0 saturated carbocycles. The number of hydrazine groups is 1. The molecule has 10 heteroatoms. The Labute approximate surface area is 185 Å². The van der Waals surface area contributed by atoms with Crippen LogP contribution in [-0.2, 0) is 20.8 Å². The molecule has 3 rings (SSSR count). The van der Waals surface area contributed by atoms with Crippen molar-refractivity contribution in [1.29, 1.82) is 0 Å². The number of nitrogens with zero attached hydrogens (tertiary/aromatic N) is 3. The summed E-state index contributed by atoms with van der Waals surface area (Å²) in [4.78, 5) is 24.6. The maximum absolute atomic E-state index is 12.3. The topological polar surface area (TPSA) is 117 Å². The minimum absolute atomic E-state index is 0.0418. The largest absolute Gasteiger partial charge is 0.481 e. The van der Waals surface area contributed by atoms with Crippen LogP contribution >= 0.6 is 0 Å².